The van der Waals surface area contributed by atoms with E-state index < -0.39 is 0 Å². The van der Waals surface area contributed by atoms with Crippen molar-refractivity contribution in [3.63, 3.8) is 0 Å². The molecular formula is C17H19ClN2O2S. The zero-order valence-electron chi connectivity index (χ0n) is 12.9. The number of anilines is 1. The zero-order valence-corrected chi connectivity index (χ0v) is 14.5. The second-order valence-electron chi connectivity index (χ2n) is 5.54. The van der Waals surface area contributed by atoms with E-state index in [-0.39, 0.29) is 5.91 Å². The van der Waals surface area contributed by atoms with E-state index >= 15 is 0 Å². The van der Waals surface area contributed by atoms with Crippen LogP contribution < -0.4 is 10.1 Å². The predicted octanol–water partition coefficient (Wildman–Crippen LogP) is 4.19. The second-order valence-corrected chi connectivity index (χ2v) is 6.95. The zero-order chi connectivity index (χ0) is 16.2. The lowest BCUT2D eigenvalue weighted by Gasteiger charge is -2.23. The Kier molecular flexibility index (Phi) is 5.20. The van der Waals surface area contributed by atoms with Crippen molar-refractivity contribution in [2.24, 2.45) is 0 Å². The Morgan fingerprint density at radius 2 is 2.35 bits per heavy atom. The van der Waals surface area contributed by atoms with E-state index in [1.54, 1.807) is 36.6 Å². The molecule has 4 nitrogen and oxygen atoms in total. The molecular weight excluding hydrogens is 332 g/mol. The molecule has 0 spiro atoms. The first kappa shape index (κ1) is 16.3. The van der Waals surface area contributed by atoms with Crippen molar-refractivity contribution in [3.05, 3.63) is 45.6 Å². The van der Waals surface area contributed by atoms with E-state index in [0.717, 1.165) is 19.4 Å². The van der Waals surface area contributed by atoms with Gasteiger partial charge in [-0.15, -0.1) is 11.3 Å². The summed E-state index contributed by atoms with van der Waals surface area (Å²) in [5.74, 6) is 0.563. The average Bonchev–Trinajstić information content (AvgIpc) is 3.18. The fraction of sp³-hybridized carbons (Fsp3) is 0.353. The van der Waals surface area contributed by atoms with Gasteiger partial charge in [-0.1, -0.05) is 17.7 Å². The van der Waals surface area contributed by atoms with Gasteiger partial charge in [0.1, 0.15) is 5.75 Å². The lowest BCUT2D eigenvalue weighted by Crippen LogP contribution is -2.32. The van der Waals surface area contributed by atoms with Gasteiger partial charge < -0.3 is 10.1 Å². The molecule has 2 aromatic rings. The molecule has 1 aliphatic rings. The smallest absolute Gasteiger partial charge is 0.238 e. The van der Waals surface area contributed by atoms with Crippen LogP contribution in [0.3, 0.4) is 0 Å². The first-order valence-corrected chi connectivity index (χ1v) is 8.84. The van der Waals surface area contributed by atoms with Gasteiger partial charge in [-0.05, 0) is 49.0 Å². The summed E-state index contributed by atoms with van der Waals surface area (Å²) in [6.07, 6.45) is 2.23. The minimum Gasteiger partial charge on any atom is -0.495 e. The van der Waals surface area contributed by atoms with Crippen molar-refractivity contribution in [1.82, 2.24) is 4.90 Å². The van der Waals surface area contributed by atoms with Crippen LogP contribution >= 0.6 is 22.9 Å². The largest absolute Gasteiger partial charge is 0.495 e. The summed E-state index contributed by atoms with van der Waals surface area (Å²) in [5, 5.41) is 5.56. The van der Waals surface area contributed by atoms with Crippen molar-refractivity contribution in [2.45, 2.75) is 18.9 Å². The number of rotatable bonds is 5. The van der Waals surface area contributed by atoms with Gasteiger partial charge in [-0.25, -0.2) is 0 Å². The van der Waals surface area contributed by atoms with Crippen LogP contribution in [0, 0.1) is 0 Å². The van der Waals surface area contributed by atoms with Crippen molar-refractivity contribution in [1.29, 1.82) is 0 Å². The Morgan fingerprint density at radius 1 is 1.48 bits per heavy atom. The second kappa shape index (κ2) is 7.34. The van der Waals surface area contributed by atoms with E-state index in [0.29, 0.717) is 29.0 Å². The van der Waals surface area contributed by atoms with E-state index in [9.17, 15) is 4.79 Å². The monoisotopic (exact) mass is 350 g/mol. The third kappa shape index (κ3) is 3.86. The number of methoxy groups -OCH3 is 1. The SMILES string of the molecule is COc1ccc(Cl)cc1NC(=O)CN1CCC[C@H]1c1cccs1. The maximum absolute atomic E-state index is 12.4. The highest BCUT2D eigenvalue weighted by Gasteiger charge is 2.28. The average molecular weight is 351 g/mol. The molecule has 23 heavy (non-hydrogen) atoms. The molecule has 0 saturated carbocycles. The molecule has 1 aromatic carbocycles. The Balaban J connectivity index is 1.66. The highest BCUT2D eigenvalue weighted by atomic mass is 35.5. The molecule has 1 N–H and O–H groups in total. The van der Waals surface area contributed by atoms with Gasteiger partial charge >= 0.3 is 0 Å². The topological polar surface area (TPSA) is 41.6 Å². The number of nitrogens with one attached hydrogen (secondary N) is 1. The molecule has 1 aromatic heterocycles. The fourth-order valence-electron chi connectivity index (χ4n) is 2.97. The minimum atomic E-state index is -0.0472. The molecule has 122 valence electrons. The molecule has 3 rings (SSSR count). The van der Waals surface area contributed by atoms with Gasteiger partial charge in [-0.3, -0.25) is 9.69 Å². The molecule has 6 heteroatoms. The van der Waals surface area contributed by atoms with Crippen molar-refractivity contribution < 1.29 is 9.53 Å². The number of carbonyl (C=O) groups excluding carboxylic acids is 1. The Labute approximate surface area is 145 Å². The summed E-state index contributed by atoms with van der Waals surface area (Å²) >= 11 is 7.75. The highest BCUT2D eigenvalue weighted by molar-refractivity contribution is 7.10. The molecule has 0 unspecified atom stereocenters. The molecule has 1 aliphatic heterocycles. The van der Waals surface area contributed by atoms with Gasteiger partial charge in [-0.2, -0.15) is 0 Å². The summed E-state index contributed by atoms with van der Waals surface area (Å²) in [4.78, 5) is 16.0. The number of hydrogen-bond acceptors (Lipinski definition) is 4. The normalized spacial score (nSPS) is 18.1. The van der Waals surface area contributed by atoms with Gasteiger partial charge in [0.2, 0.25) is 5.91 Å². The van der Waals surface area contributed by atoms with Crippen LogP contribution in [-0.2, 0) is 4.79 Å². The number of benzene rings is 1. The summed E-state index contributed by atoms with van der Waals surface area (Å²) in [7, 11) is 1.58. The first-order chi connectivity index (χ1) is 11.2. The summed E-state index contributed by atoms with van der Waals surface area (Å²) in [6, 6.07) is 9.76. The molecule has 1 atom stereocenters. The Hall–Kier alpha value is -1.56. The van der Waals surface area contributed by atoms with Crippen LogP contribution in [0.5, 0.6) is 5.75 Å². The molecule has 0 aliphatic carbocycles. The van der Waals surface area contributed by atoms with Crippen LogP contribution in [-0.4, -0.2) is 31.0 Å². The number of nitrogens with zero attached hydrogens (tertiary/aromatic N) is 1. The standard InChI is InChI=1S/C17H19ClN2O2S/c1-22-15-7-6-12(18)10-13(15)19-17(21)11-20-8-2-4-14(20)16-5-3-9-23-16/h3,5-7,9-10,14H,2,4,8,11H2,1H3,(H,19,21)/t14-/m0/s1. The number of halogens is 1. The van der Waals surface area contributed by atoms with Gasteiger partial charge in [0, 0.05) is 15.9 Å². The number of thiophene rings is 1. The molecule has 1 amide bonds. The van der Waals surface area contributed by atoms with Crippen LogP contribution in [0.25, 0.3) is 0 Å². The maximum atomic E-state index is 12.4. The van der Waals surface area contributed by atoms with E-state index in [2.05, 4.69) is 27.7 Å². The van der Waals surface area contributed by atoms with Crippen molar-refractivity contribution in [3.8, 4) is 5.75 Å². The Bertz CT molecular complexity index is 675. The van der Waals surface area contributed by atoms with Crippen LogP contribution in [0.1, 0.15) is 23.8 Å². The lowest BCUT2D eigenvalue weighted by molar-refractivity contribution is -0.117. The van der Waals surface area contributed by atoms with E-state index in [1.807, 2.05) is 0 Å². The minimum absolute atomic E-state index is 0.0472. The molecule has 2 heterocycles. The number of hydrogen-bond donors (Lipinski definition) is 1. The maximum Gasteiger partial charge on any atom is 0.238 e. The summed E-state index contributed by atoms with van der Waals surface area (Å²) < 4.78 is 5.27. The van der Waals surface area contributed by atoms with Crippen LogP contribution in [0.2, 0.25) is 5.02 Å². The molecule has 1 saturated heterocycles. The lowest BCUT2D eigenvalue weighted by atomic mass is 10.2. The van der Waals surface area contributed by atoms with E-state index in [1.165, 1.54) is 4.88 Å². The molecule has 1 fully saturated rings. The highest BCUT2D eigenvalue weighted by Crippen LogP contribution is 2.34. The van der Waals surface area contributed by atoms with Gasteiger partial charge in [0.05, 0.1) is 19.3 Å². The number of amides is 1. The predicted molar refractivity (Wildman–Crippen MR) is 94.5 cm³/mol. The van der Waals surface area contributed by atoms with E-state index in [4.69, 9.17) is 16.3 Å². The van der Waals surface area contributed by atoms with Crippen molar-refractivity contribution >= 4 is 34.5 Å². The van der Waals surface area contributed by atoms with Crippen LogP contribution in [0.4, 0.5) is 5.69 Å². The van der Waals surface area contributed by atoms with Crippen LogP contribution in [0.15, 0.2) is 35.7 Å². The quantitative estimate of drug-likeness (QED) is 0.879. The van der Waals surface area contributed by atoms with Gasteiger partial charge in [0.15, 0.2) is 0 Å². The number of likely N-dealkylation sites (tertiary alicyclic amines) is 1. The summed E-state index contributed by atoms with van der Waals surface area (Å²) in [5.41, 5.74) is 0.608. The van der Waals surface area contributed by atoms with Crippen molar-refractivity contribution in [2.75, 3.05) is 25.5 Å². The number of ether oxygens (including phenoxy) is 1. The third-order valence-corrected chi connectivity index (χ3v) is 5.23. The number of carbonyl (C=O) groups is 1. The fourth-order valence-corrected chi connectivity index (χ4v) is 4.04. The first-order valence-electron chi connectivity index (χ1n) is 7.58. The Morgan fingerprint density at radius 3 is 3.09 bits per heavy atom. The summed E-state index contributed by atoms with van der Waals surface area (Å²) in [6.45, 7) is 1.32. The van der Waals surface area contributed by atoms with Gasteiger partial charge in [0.25, 0.3) is 0 Å². The molecule has 0 radical (unpaired) electrons. The molecule has 0 bridgehead atoms. The third-order valence-electron chi connectivity index (χ3n) is 4.02.